The van der Waals surface area contributed by atoms with Crippen molar-refractivity contribution in [3.8, 4) is 11.5 Å². The summed E-state index contributed by atoms with van der Waals surface area (Å²) >= 11 is 0. The first-order valence-corrected chi connectivity index (χ1v) is 5.65. The van der Waals surface area contributed by atoms with Crippen LogP contribution in [0.25, 0.3) is 0 Å². The maximum atomic E-state index is 10.6. The average Bonchev–Trinajstić information content (AvgIpc) is 2.35. The number of benzene rings is 1. The second kappa shape index (κ2) is 6.14. The van der Waals surface area contributed by atoms with Crippen molar-refractivity contribution in [1.82, 2.24) is 0 Å². The average molecular weight is 253 g/mol. The van der Waals surface area contributed by atoms with Gasteiger partial charge >= 0.3 is 5.97 Å². The zero-order valence-corrected chi connectivity index (χ0v) is 11.2. The van der Waals surface area contributed by atoms with Crippen LogP contribution in [0.3, 0.4) is 0 Å². The number of carboxylic acid groups (broad SMARTS) is 1. The number of ether oxygens (including phenoxy) is 2. The molecular formula is C13H19NO4. The summed E-state index contributed by atoms with van der Waals surface area (Å²) in [5.41, 5.74) is 1.76. The van der Waals surface area contributed by atoms with Gasteiger partial charge in [-0.05, 0) is 19.1 Å². The molecule has 0 bridgehead atoms. The summed E-state index contributed by atoms with van der Waals surface area (Å²) in [6.45, 7) is 2.34. The molecular weight excluding hydrogens is 234 g/mol. The van der Waals surface area contributed by atoms with Crippen molar-refractivity contribution in [2.45, 2.75) is 13.3 Å². The van der Waals surface area contributed by atoms with E-state index in [9.17, 15) is 4.79 Å². The zero-order valence-electron chi connectivity index (χ0n) is 11.2. The summed E-state index contributed by atoms with van der Waals surface area (Å²) in [7, 11) is 5.04. The fraction of sp³-hybridized carbons (Fsp3) is 0.462. The Labute approximate surface area is 107 Å². The maximum absolute atomic E-state index is 10.6. The van der Waals surface area contributed by atoms with E-state index in [4.69, 9.17) is 14.6 Å². The van der Waals surface area contributed by atoms with Gasteiger partial charge in [-0.25, -0.2) is 0 Å². The van der Waals surface area contributed by atoms with Gasteiger partial charge in [0, 0.05) is 19.2 Å². The van der Waals surface area contributed by atoms with Crippen molar-refractivity contribution in [2.75, 3.05) is 32.7 Å². The van der Waals surface area contributed by atoms with Crippen LogP contribution in [0.5, 0.6) is 11.5 Å². The van der Waals surface area contributed by atoms with Crippen molar-refractivity contribution in [3.63, 3.8) is 0 Å². The molecule has 18 heavy (non-hydrogen) atoms. The number of hydrogen-bond donors (Lipinski definition) is 1. The van der Waals surface area contributed by atoms with Gasteiger partial charge in [-0.1, -0.05) is 0 Å². The molecule has 0 saturated heterocycles. The predicted molar refractivity (Wildman–Crippen MR) is 69.8 cm³/mol. The Hall–Kier alpha value is -1.91. The van der Waals surface area contributed by atoms with E-state index in [1.807, 2.05) is 31.0 Å². The van der Waals surface area contributed by atoms with E-state index < -0.39 is 5.97 Å². The molecule has 5 nitrogen and oxygen atoms in total. The normalized spacial score (nSPS) is 10.0. The molecule has 0 aliphatic heterocycles. The standard InChI is InChI=1S/C13H19NO4/c1-9-11(17-3)6-5-10(13(9)18-4)14(2)8-7-12(15)16/h5-6H,7-8H2,1-4H3,(H,15,16). The Morgan fingerprint density at radius 3 is 2.50 bits per heavy atom. The van der Waals surface area contributed by atoms with Gasteiger partial charge in [-0.15, -0.1) is 0 Å². The van der Waals surface area contributed by atoms with E-state index in [0.717, 1.165) is 17.0 Å². The van der Waals surface area contributed by atoms with E-state index in [-0.39, 0.29) is 6.42 Å². The molecule has 0 aliphatic carbocycles. The summed E-state index contributed by atoms with van der Waals surface area (Å²) < 4.78 is 10.6. The zero-order chi connectivity index (χ0) is 13.7. The first-order chi connectivity index (χ1) is 8.51. The smallest absolute Gasteiger partial charge is 0.305 e. The van der Waals surface area contributed by atoms with Gasteiger partial charge in [0.2, 0.25) is 0 Å². The van der Waals surface area contributed by atoms with Crippen LogP contribution in [0.2, 0.25) is 0 Å². The minimum Gasteiger partial charge on any atom is -0.496 e. The Bertz CT molecular complexity index is 431. The Balaban J connectivity index is 3.01. The van der Waals surface area contributed by atoms with E-state index in [0.29, 0.717) is 12.3 Å². The van der Waals surface area contributed by atoms with Gasteiger partial charge in [0.15, 0.2) is 0 Å². The van der Waals surface area contributed by atoms with Crippen LogP contribution >= 0.6 is 0 Å². The molecule has 1 aromatic carbocycles. The monoisotopic (exact) mass is 253 g/mol. The number of carbonyl (C=O) groups is 1. The predicted octanol–water partition coefficient (Wildman–Crippen LogP) is 1.92. The summed E-state index contributed by atoms with van der Waals surface area (Å²) in [6, 6.07) is 3.72. The summed E-state index contributed by atoms with van der Waals surface area (Å²) in [6.07, 6.45) is 0.0880. The number of aliphatic carboxylic acids is 1. The van der Waals surface area contributed by atoms with Crippen molar-refractivity contribution in [2.24, 2.45) is 0 Å². The number of hydrogen-bond acceptors (Lipinski definition) is 4. The third-order valence-corrected chi connectivity index (χ3v) is 2.83. The van der Waals surface area contributed by atoms with Gasteiger partial charge < -0.3 is 19.5 Å². The highest BCUT2D eigenvalue weighted by Gasteiger charge is 2.14. The molecule has 0 saturated carbocycles. The highest BCUT2D eigenvalue weighted by atomic mass is 16.5. The molecule has 0 atom stereocenters. The number of anilines is 1. The van der Waals surface area contributed by atoms with Crippen molar-refractivity contribution < 1.29 is 19.4 Å². The molecule has 1 N–H and O–H groups in total. The number of nitrogens with zero attached hydrogens (tertiary/aromatic N) is 1. The molecule has 0 radical (unpaired) electrons. The van der Waals surface area contributed by atoms with Gasteiger partial charge in [0.1, 0.15) is 11.5 Å². The van der Waals surface area contributed by atoms with Crippen LogP contribution in [0, 0.1) is 6.92 Å². The number of methoxy groups -OCH3 is 2. The first-order valence-electron chi connectivity index (χ1n) is 5.65. The van der Waals surface area contributed by atoms with Crippen LogP contribution < -0.4 is 14.4 Å². The molecule has 0 aliphatic rings. The Morgan fingerprint density at radius 2 is 2.00 bits per heavy atom. The highest BCUT2D eigenvalue weighted by Crippen LogP contribution is 2.36. The van der Waals surface area contributed by atoms with E-state index in [2.05, 4.69) is 0 Å². The topological polar surface area (TPSA) is 59.0 Å². The molecule has 0 aromatic heterocycles. The van der Waals surface area contributed by atoms with Crippen LogP contribution in [0.4, 0.5) is 5.69 Å². The van der Waals surface area contributed by atoms with E-state index in [1.54, 1.807) is 14.2 Å². The lowest BCUT2D eigenvalue weighted by Gasteiger charge is -2.23. The largest absolute Gasteiger partial charge is 0.496 e. The molecule has 0 spiro atoms. The fourth-order valence-electron chi connectivity index (χ4n) is 1.82. The summed E-state index contributed by atoms with van der Waals surface area (Å²) in [4.78, 5) is 12.4. The SMILES string of the molecule is COc1ccc(N(C)CCC(=O)O)c(OC)c1C. The molecule has 0 heterocycles. The van der Waals surface area contributed by atoms with Crippen molar-refractivity contribution >= 4 is 11.7 Å². The summed E-state index contributed by atoms with van der Waals surface area (Å²) in [5.74, 6) is 0.649. The number of carboxylic acids is 1. The van der Waals surface area contributed by atoms with Gasteiger partial charge in [0.05, 0.1) is 26.3 Å². The van der Waals surface area contributed by atoms with E-state index >= 15 is 0 Å². The molecule has 1 aromatic rings. The lowest BCUT2D eigenvalue weighted by molar-refractivity contribution is -0.136. The molecule has 0 unspecified atom stereocenters. The summed E-state index contributed by atoms with van der Waals surface area (Å²) in [5, 5.41) is 8.69. The lowest BCUT2D eigenvalue weighted by atomic mass is 10.1. The van der Waals surface area contributed by atoms with Crippen molar-refractivity contribution in [1.29, 1.82) is 0 Å². The van der Waals surface area contributed by atoms with Crippen molar-refractivity contribution in [3.05, 3.63) is 17.7 Å². The number of rotatable bonds is 6. The molecule has 1 rings (SSSR count). The minimum absolute atomic E-state index is 0.0880. The van der Waals surface area contributed by atoms with Crippen LogP contribution in [-0.4, -0.2) is 38.9 Å². The highest BCUT2D eigenvalue weighted by molar-refractivity contribution is 5.69. The third-order valence-electron chi connectivity index (χ3n) is 2.83. The second-order valence-electron chi connectivity index (χ2n) is 4.01. The molecule has 0 fully saturated rings. The molecule has 0 amide bonds. The van der Waals surface area contributed by atoms with Crippen LogP contribution in [0.1, 0.15) is 12.0 Å². The fourth-order valence-corrected chi connectivity index (χ4v) is 1.82. The third kappa shape index (κ3) is 3.06. The first kappa shape index (κ1) is 14.2. The Kier molecular flexibility index (Phi) is 4.83. The minimum atomic E-state index is -0.814. The van der Waals surface area contributed by atoms with Gasteiger partial charge in [-0.3, -0.25) is 4.79 Å². The van der Waals surface area contributed by atoms with E-state index in [1.165, 1.54) is 0 Å². The van der Waals surface area contributed by atoms with Gasteiger partial charge in [0.25, 0.3) is 0 Å². The molecule has 5 heteroatoms. The lowest BCUT2D eigenvalue weighted by Crippen LogP contribution is -2.21. The quantitative estimate of drug-likeness (QED) is 0.839. The van der Waals surface area contributed by atoms with Crippen LogP contribution in [-0.2, 0) is 4.79 Å². The Morgan fingerprint density at radius 1 is 1.33 bits per heavy atom. The molecule has 100 valence electrons. The maximum Gasteiger partial charge on any atom is 0.305 e. The van der Waals surface area contributed by atoms with Gasteiger partial charge in [-0.2, -0.15) is 0 Å². The van der Waals surface area contributed by atoms with Crippen LogP contribution in [0.15, 0.2) is 12.1 Å². The second-order valence-corrected chi connectivity index (χ2v) is 4.01.